The lowest BCUT2D eigenvalue weighted by Gasteiger charge is -2.24. The lowest BCUT2D eigenvalue weighted by molar-refractivity contribution is -0.384. The largest absolute Gasteiger partial charge is 0.330 e. The standard InChI is InChI=1S/C13H19N3O2/c1-4-13(14-5-2)15(6-3)11-7-9-12(10-8-11)16(17)18/h7-10H,4-6H2,1-3H3. The van der Waals surface area contributed by atoms with Gasteiger partial charge in [-0.25, -0.2) is 0 Å². The summed E-state index contributed by atoms with van der Waals surface area (Å²) in [5.41, 5.74) is 1.05. The number of benzene rings is 1. The number of nitrogens with zero attached hydrogens (tertiary/aromatic N) is 3. The predicted octanol–water partition coefficient (Wildman–Crippen LogP) is 3.25. The van der Waals surface area contributed by atoms with Crippen LogP contribution >= 0.6 is 0 Å². The van der Waals surface area contributed by atoms with Crippen LogP contribution in [0.25, 0.3) is 0 Å². The molecule has 1 rings (SSSR count). The summed E-state index contributed by atoms with van der Waals surface area (Å²) < 4.78 is 0. The summed E-state index contributed by atoms with van der Waals surface area (Å²) in [5, 5.41) is 10.6. The van der Waals surface area contributed by atoms with Crippen molar-refractivity contribution in [2.24, 2.45) is 4.99 Å². The van der Waals surface area contributed by atoms with Crippen LogP contribution in [0, 0.1) is 10.1 Å². The molecule has 0 aliphatic carbocycles. The molecule has 0 heterocycles. The molecule has 1 aromatic rings. The average Bonchev–Trinajstić information content (AvgIpc) is 2.39. The Balaban J connectivity index is 3.01. The van der Waals surface area contributed by atoms with Crippen molar-refractivity contribution in [1.29, 1.82) is 0 Å². The second-order valence-corrected chi connectivity index (χ2v) is 3.76. The summed E-state index contributed by atoms with van der Waals surface area (Å²) in [5.74, 6) is 1.01. The summed E-state index contributed by atoms with van der Waals surface area (Å²) >= 11 is 0. The van der Waals surface area contributed by atoms with Crippen molar-refractivity contribution in [1.82, 2.24) is 0 Å². The number of aliphatic imine (C=N–C) groups is 1. The van der Waals surface area contributed by atoms with Gasteiger partial charge in [0.25, 0.3) is 5.69 Å². The van der Waals surface area contributed by atoms with Gasteiger partial charge in [-0.1, -0.05) is 6.92 Å². The minimum absolute atomic E-state index is 0.111. The molecular formula is C13H19N3O2. The first-order chi connectivity index (χ1) is 8.63. The van der Waals surface area contributed by atoms with Gasteiger partial charge < -0.3 is 4.90 Å². The zero-order chi connectivity index (χ0) is 13.5. The lowest BCUT2D eigenvalue weighted by atomic mass is 10.2. The third-order valence-corrected chi connectivity index (χ3v) is 2.66. The minimum atomic E-state index is -0.388. The first kappa shape index (κ1) is 14.2. The molecule has 0 saturated carbocycles. The average molecular weight is 249 g/mol. The second kappa shape index (κ2) is 6.74. The maximum absolute atomic E-state index is 10.6. The molecule has 0 atom stereocenters. The van der Waals surface area contributed by atoms with E-state index in [1.54, 1.807) is 12.1 Å². The lowest BCUT2D eigenvalue weighted by Crippen LogP contribution is -2.30. The molecule has 98 valence electrons. The molecule has 0 aliphatic rings. The zero-order valence-electron chi connectivity index (χ0n) is 11.1. The topological polar surface area (TPSA) is 58.7 Å². The van der Waals surface area contributed by atoms with E-state index in [2.05, 4.69) is 16.8 Å². The van der Waals surface area contributed by atoms with Gasteiger partial charge in [0, 0.05) is 37.3 Å². The zero-order valence-corrected chi connectivity index (χ0v) is 11.1. The molecule has 5 nitrogen and oxygen atoms in total. The Hall–Kier alpha value is -1.91. The molecule has 18 heavy (non-hydrogen) atoms. The minimum Gasteiger partial charge on any atom is -0.330 e. The van der Waals surface area contributed by atoms with Crippen molar-refractivity contribution >= 4 is 17.2 Å². The number of amidine groups is 1. The Labute approximate surface area is 107 Å². The monoisotopic (exact) mass is 249 g/mol. The Morgan fingerprint density at radius 3 is 2.28 bits per heavy atom. The first-order valence-electron chi connectivity index (χ1n) is 6.19. The molecular weight excluding hydrogens is 230 g/mol. The van der Waals surface area contributed by atoms with Crippen molar-refractivity contribution in [3.8, 4) is 0 Å². The van der Waals surface area contributed by atoms with Crippen LogP contribution in [-0.4, -0.2) is 23.8 Å². The molecule has 0 radical (unpaired) electrons. The number of non-ortho nitro benzene ring substituents is 1. The molecule has 1 aromatic carbocycles. The maximum atomic E-state index is 10.6. The maximum Gasteiger partial charge on any atom is 0.269 e. The van der Waals surface area contributed by atoms with E-state index in [4.69, 9.17) is 0 Å². The molecule has 0 saturated heterocycles. The Kier molecular flexibility index (Phi) is 5.30. The van der Waals surface area contributed by atoms with E-state index in [1.165, 1.54) is 12.1 Å². The van der Waals surface area contributed by atoms with E-state index < -0.39 is 0 Å². The SMILES string of the molecule is CCN=C(CC)N(CC)c1ccc([N+](=O)[O-])cc1. The van der Waals surface area contributed by atoms with E-state index in [0.717, 1.165) is 31.0 Å². The molecule has 0 bridgehead atoms. The molecule has 0 amide bonds. The predicted molar refractivity (Wildman–Crippen MR) is 74.4 cm³/mol. The van der Waals surface area contributed by atoms with Gasteiger partial charge in [-0.2, -0.15) is 0 Å². The van der Waals surface area contributed by atoms with Crippen molar-refractivity contribution in [2.75, 3.05) is 18.0 Å². The molecule has 0 aliphatic heterocycles. The van der Waals surface area contributed by atoms with Crippen LogP contribution in [0.4, 0.5) is 11.4 Å². The third kappa shape index (κ3) is 3.29. The molecule has 0 N–H and O–H groups in total. The first-order valence-corrected chi connectivity index (χ1v) is 6.19. The van der Waals surface area contributed by atoms with Gasteiger partial charge in [0.1, 0.15) is 5.84 Å². The van der Waals surface area contributed by atoms with Crippen LogP contribution in [0.3, 0.4) is 0 Å². The van der Waals surface area contributed by atoms with Gasteiger partial charge in [0.05, 0.1) is 4.92 Å². The van der Waals surface area contributed by atoms with Crippen LogP contribution in [0.1, 0.15) is 27.2 Å². The fourth-order valence-electron chi connectivity index (χ4n) is 1.84. The summed E-state index contributed by atoms with van der Waals surface area (Å²) in [6.45, 7) is 7.64. The number of nitro groups is 1. The summed E-state index contributed by atoms with van der Waals surface area (Å²) in [6, 6.07) is 6.58. The van der Waals surface area contributed by atoms with Gasteiger partial charge in [-0.05, 0) is 26.0 Å². The number of hydrogen-bond donors (Lipinski definition) is 0. The van der Waals surface area contributed by atoms with Crippen LogP contribution < -0.4 is 4.90 Å². The number of anilines is 1. The summed E-state index contributed by atoms with van der Waals surface area (Å²) in [6.07, 6.45) is 0.846. The Morgan fingerprint density at radius 1 is 1.28 bits per heavy atom. The second-order valence-electron chi connectivity index (χ2n) is 3.76. The van der Waals surface area contributed by atoms with Gasteiger partial charge in [0.2, 0.25) is 0 Å². The van der Waals surface area contributed by atoms with E-state index in [1.807, 2.05) is 13.8 Å². The number of rotatable bonds is 5. The molecule has 0 unspecified atom stereocenters. The summed E-state index contributed by atoms with van der Waals surface area (Å²) in [4.78, 5) is 16.8. The fourth-order valence-corrected chi connectivity index (χ4v) is 1.84. The van der Waals surface area contributed by atoms with Crippen LogP contribution in [-0.2, 0) is 0 Å². The highest BCUT2D eigenvalue weighted by atomic mass is 16.6. The van der Waals surface area contributed by atoms with Crippen LogP contribution in [0.2, 0.25) is 0 Å². The van der Waals surface area contributed by atoms with Gasteiger partial charge in [0.15, 0.2) is 0 Å². The third-order valence-electron chi connectivity index (χ3n) is 2.66. The molecule has 0 spiro atoms. The quantitative estimate of drug-likeness (QED) is 0.348. The number of nitro benzene ring substituents is 1. The Morgan fingerprint density at radius 2 is 1.89 bits per heavy atom. The molecule has 5 heteroatoms. The highest BCUT2D eigenvalue weighted by Crippen LogP contribution is 2.20. The van der Waals surface area contributed by atoms with E-state index >= 15 is 0 Å². The molecule has 0 aromatic heterocycles. The van der Waals surface area contributed by atoms with Crippen LogP contribution in [0.15, 0.2) is 29.3 Å². The van der Waals surface area contributed by atoms with Crippen molar-refractivity contribution in [2.45, 2.75) is 27.2 Å². The van der Waals surface area contributed by atoms with Crippen molar-refractivity contribution < 1.29 is 4.92 Å². The summed E-state index contributed by atoms with van der Waals surface area (Å²) in [7, 11) is 0. The van der Waals surface area contributed by atoms with Gasteiger partial charge >= 0.3 is 0 Å². The highest BCUT2D eigenvalue weighted by Gasteiger charge is 2.11. The smallest absolute Gasteiger partial charge is 0.269 e. The van der Waals surface area contributed by atoms with Crippen molar-refractivity contribution in [3.05, 3.63) is 34.4 Å². The van der Waals surface area contributed by atoms with Gasteiger partial charge in [-0.3, -0.25) is 15.1 Å². The highest BCUT2D eigenvalue weighted by molar-refractivity contribution is 5.97. The Bertz CT molecular complexity index is 426. The van der Waals surface area contributed by atoms with Crippen LogP contribution in [0.5, 0.6) is 0 Å². The van der Waals surface area contributed by atoms with E-state index in [9.17, 15) is 10.1 Å². The van der Waals surface area contributed by atoms with E-state index in [0.29, 0.717) is 0 Å². The fraction of sp³-hybridized carbons (Fsp3) is 0.462. The van der Waals surface area contributed by atoms with Gasteiger partial charge in [-0.15, -0.1) is 0 Å². The normalized spacial score (nSPS) is 11.4. The number of hydrogen-bond acceptors (Lipinski definition) is 3. The van der Waals surface area contributed by atoms with E-state index in [-0.39, 0.29) is 10.6 Å². The van der Waals surface area contributed by atoms with Crippen molar-refractivity contribution in [3.63, 3.8) is 0 Å². The molecule has 0 fully saturated rings.